The zero-order valence-corrected chi connectivity index (χ0v) is 15.7. The molecule has 3 rings (SSSR count). The topological polar surface area (TPSA) is 70.3 Å². The van der Waals surface area contributed by atoms with E-state index in [0.29, 0.717) is 5.69 Å². The molecule has 0 radical (unpaired) electrons. The van der Waals surface area contributed by atoms with Gasteiger partial charge in [0.2, 0.25) is 0 Å². The first-order chi connectivity index (χ1) is 11.6. The van der Waals surface area contributed by atoms with Crippen molar-refractivity contribution in [2.45, 2.75) is 52.4 Å². The molecule has 0 bridgehead atoms. The van der Waals surface area contributed by atoms with E-state index in [-0.39, 0.29) is 5.56 Å². The van der Waals surface area contributed by atoms with Crippen molar-refractivity contribution in [3.8, 4) is 0 Å². The first kappa shape index (κ1) is 17.8. The summed E-state index contributed by atoms with van der Waals surface area (Å²) in [6.45, 7) is 10.8. The summed E-state index contributed by atoms with van der Waals surface area (Å²) in [4.78, 5) is 12.5. The fourth-order valence-corrected chi connectivity index (χ4v) is 2.69. The summed E-state index contributed by atoms with van der Waals surface area (Å²) < 4.78 is 15.5. The zero-order valence-electron chi connectivity index (χ0n) is 15.7. The van der Waals surface area contributed by atoms with Gasteiger partial charge < -0.3 is 19.2 Å². The predicted octanol–water partition coefficient (Wildman–Crippen LogP) is 1.64. The third-order valence-corrected chi connectivity index (χ3v) is 4.97. The Balaban J connectivity index is 1.92. The van der Waals surface area contributed by atoms with Crippen LogP contribution in [-0.4, -0.2) is 32.7 Å². The monoisotopic (exact) mass is 344 g/mol. The molecule has 0 spiro atoms. The Morgan fingerprint density at radius 2 is 1.84 bits per heavy atom. The molecule has 1 saturated heterocycles. The molecule has 1 fully saturated rings. The number of pyridine rings is 1. The van der Waals surface area contributed by atoms with Crippen LogP contribution in [0, 0.1) is 0 Å². The minimum Gasteiger partial charge on any atom is -0.399 e. The molecule has 1 aliphatic rings. The van der Waals surface area contributed by atoms with Gasteiger partial charge in [0.25, 0.3) is 5.56 Å². The second-order valence-electron chi connectivity index (χ2n) is 7.40. The maximum Gasteiger partial charge on any atom is 0.496 e. The van der Waals surface area contributed by atoms with E-state index in [1.165, 1.54) is 4.57 Å². The molecule has 0 unspecified atom stereocenters. The fourth-order valence-electron chi connectivity index (χ4n) is 2.69. The SMILES string of the molecule is CCn1cc(Nc2cc(B3OC(C)(C)C(C)(C)O3)cn(C)c2=O)cn1. The average molecular weight is 344 g/mol. The van der Waals surface area contributed by atoms with E-state index in [4.69, 9.17) is 9.31 Å². The minimum atomic E-state index is -0.518. The highest BCUT2D eigenvalue weighted by Crippen LogP contribution is 2.36. The van der Waals surface area contributed by atoms with Crippen molar-refractivity contribution in [1.29, 1.82) is 0 Å². The Kier molecular flexibility index (Phi) is 4.29. The van der Waals surface area contributed by atoms with Crippen LogP contribution in [0.5, 0.6) is 0 Å². The Bertz CT molecular complexity index is 825. The van der Waals surface area contributed by atoms with Crippen LogP contribution in [0.4, 0.5) is 11.4 Å². The highest BCUT2D eigenvalue weighted by Gasteiger charge is 2.51. The lowest BCUT2D eigenvalue weighted by Crippen LogP contribution is -2.41. The van der Waals surface area contributed by atoms with E-state index >= 15 is 0 Å². The fraction of sp³-hybridized carbons (Fsp3) is 0.529. The Morgan fingerprint density at radius 3 is 2.40 bits per heavy atom. The van der Waals surface area contributed by atoms with Crippen molar-refractivity contribution >= 4 is 24.0 Å². The lowest BCUT2D eigenvalue weighted by molar-refractivity contribution is 0.00578. The number of aryl methyl sites for hydroxylation is 2. The second-order valence-corrected chi connectivity index (χ2v) is 7.40. The van der Waals surface area contributed by atoms with Crippen LogP contribution in [0.15, 0.2) is 29.5 Å². The van der Waals surface area contributed by atoms with Gasteiger partial charge in [0, 0.05) is 31.4 Å². The largest absolute Gasteiger partial charge is 0.496 e. The molecule has 8 heteroatoms. The third-order valence-electron chi connectivity index (χ3n) is 4.97. The molecule has 0 aliphatic carbocycles. The van der Waals surface area contributed by atoms with Crippen LogP contribution in [0.25, 0.3) is 0 Å². The highest BCUT2D eigenvalue weighted by molar-refractivity contribution is 6.62. The van der Waals surface area contributed by atoms with Crippen LogP contribution < -0.4 is 16.3 Å². The molecule has 7 nitrogen and oxygen atoms in total. The Morgan fingerprint density at radius 1 is 1.20 bits per heavy atom. The Labute approximate surface area is 148 Å². The number of rotatable bonds is 4. The summed E-state index contributed by atoms with van der Waals surface area (Å²) >= 11 is 0. The molecule has 0 amide bonds. The van der Waals surface area contributed by atoms with Crippen molar-refractivity contribution in [2.75, 3.05) is 5.32 Å². The molecule has 2 aromatic heterocycles. The van der Waals surface area contributed by atoms with Crippen LogP contribution in [0.1, 0.15) is 34.6 Å². The summed E-state index contributed by atoms with van der Waals surface area (Å²) in [5.41, 5.74) is 1.05. The van der Waals surface area contributed by atoms with Gasteiger partial charge in [0.15, 0.2) is 0 Å². The van der Waals surface area contributed by atoms with Gasteiger partial charge in [-0.2, -0.15) is 5.10 Å². The van der Waals surface area contributed by atoms with Gasteiger partial charge in [-0.3, -0.25) is 9.48 Å². The Hall–Kier alpha value is -2.06. The van der Waals surface area contributed by atoms with Crippen LogP contribution in [0.3, 0.4) is 0 Å². The van der Waals surface area contributed by atoms with E-state index in [2.05, 4.69) is 10.4 Å². The summed E-state index contributed by atoms with van der Waals surface area (Å²) in [6, 6.07) is 1.79. The highest BCUT2D eigenvalue weighted by atomic mass is 16.7. The van der Waals surface area contributed by atoms with Crippen LogP contribution in [-0.2, 0) is 22.9 Å². The van der Waals surface area contributed by atoms with Gasteiger partial charge in [0.05, 0.1) is 23.1 Å². The van der Waals surface area contributed by atoms with Gasteiger partial charge in [-0.05, 0) is 40.7 Å². The number of anilines is 2. The molecule has 0 saturated carbocycles. The van der Waals surface area contributed by atoms with Gasteiger partial charge in [0.1, 0.15) is 5.69 Å². The maximum absolute atomic E-state index is 12.5. The average Bonchev–Trinajstić information content (AvgIpc) is 3.05. The molecular formula is C17H25BN4O3. The summed E-state index contributed by atoms with van der Waals surface area (Å²) in [7, 11) is 1.20. The number of nitrogens with zero attached hydrogens (tertiary/aromatic N) is 3. The molecular weight excluding hydrogens is 319 g/mol. The van der Waals surface area contributed by atoms with E-state index in [1.54, 1.807) is 30.2 Å². The molecule has 0 atom stereocenters. The number of nitrogens with one attached hydrogen (secondary N) is 1. The molecule has 0 aromatic carbocycles. The maximum atomic E-state index is 12.5. The third kappa shape index (κ3) is 3.24. The minimum absolute atomic E-state index is 0.121. The van der Waals surface area contributed by atoms with Crippen molar-refractivity contribution in [3.05, 3.63) is 35.0 Å². The number of hydrogen-bond donors (Lipinski definition) is 1. The van der Waals surface area contributed by atoms with Gasteiger partial charge in [-0.1, -0.05) is 0 Å². The zero-order chi connectivity index (χ0) is 18.4. The first-order valence-corrected chi connectivity index (χ1v) is 8.48. The second kappa shape index (κ2) is 6.03. The van der Waals surface area contributed by atoms with Gasteiger partial charge in [-0.15, -0.1) is 0 Å². The van der Waals surface area contributed by atoms with E-state index < -0.39 is 18.3 Å². The lowest BCUT2D eigenvalue weighted by Gasteiger charge is -2.32. The molecule has 2 aromatic rings. The van der Waals surface area contributed by atoms with Gasteiger partial charge >= 0.3 is 7.12 Å². The molecule has 134 valence electrons. The number of aromatic nitrogens is 3. The normalized spacial score (nSPS) is 18.6. The predicted molar refractivity (Wildman–Crippen MR) is 98.6 cm³/mol. The van der Waals surface area contributed by atoms with E-state index in [1.807, 2.05) is 40.8 Å². The number of hydrogen-bond acceptors (Lipinski definition) is 5. The van der Waals surface area contributed by atoms with Crippen molar-refractivity contribution < 1.29 is 9.31 Å². The standard InChI is InChI=1S/C17H25BN4O3/c1-7-22-11-13(9-19-22)20-14-8-12(10-21(6)15(14)23)18-24-16(2,3)17(4,5)25-18/h8-11,20H,7H2,1-6H3. The quantitative estimate of drug-likeness (QED) is 0.854. The van der Waals surface area contributed by atoms with E-state index in [9.17, 15) is 4.79 Å². The van der Waals surface area contributed by atoms with E-state index in [0.717, 1.165) is 17.7 Å². The summed E-state index contributed by atoms with van der Waals surface area (Å²) in [6.07, 6.45) is 5.32. The molecule has 1 N–H and O–H groups in total. The summed E-state index contributed by atoms with van der Waals surface area (Å²) in [5.74, 6) is 0. The molecule has 1 aliphatic heterocycles. The lowest BCUT2D eigenvalue weighted by atomic mass is 9.80. The molecule has 25 heavy (non-hydrogen) atoms. The smallest absolute Gasteiger partial charge is 0.399 e. The summed E-state index contributed by atoms with van der Waals surface area (Å²) in [5, 5.41) is 7.36. The van der Waals surface area contributed by atoms with Crippen molar-refractivity contribution in [2.24, 2.45) is 7.05 Å². The van der Waals surface area contributed by atoms with Crippen molar-refractivity contribution in [1.82, 2.24) is 14.3 Å². The van der Waals surface area contributed by atoms with Crippen LogP contribution in [0.2, 0.25) is 0 Å². The van der Waals surface area contributed by atoms with Crippen molar-refractivity contribution in [3.63, 3.8) is 0 Å². The van der Waals surface area contributed by atoms with Crippen LogP contribution >= 0.6 is 0 Å². The van der Waals surface area contributed by atoms with Gasteiger partial charge in [-0.25, -0.2) is 0 Å². The molecule has 3 heterocycles. The first-order valence-electron chi connectivity index (χ1n) is 8.48.